The van der Waals surface area contributed by atoms with E-state index in [1.165, 1.54) is 6.08 Å². The molecule has 0 fully saturated rings. The Kier molecular flexibility index (Phi) is 6.12. The van der Waals surface area contributed by atoms with Crippen molar-refractivity contribution in [2.75, 3.05) is 12.1 Å². The van der Waals surface area contributed by atoms with E-state index < -0.39 is 0 Å². The molecule has 0 aliphatic carbocycles. The SMILES string of the molecule is Cc1nc(Oc2ccc(NC(=O)/C=C/c3ccc4c(c3)OCO4)cc2)cc(-n2nc(C)c(C)c2C)n1. The van der Waals surface area contributed by atoms with Crippen LogP contribution in [-0.2, 0) is 4.79 Å². The molecule has 0 atom stereocenters. The van der Waals surface area contributed by atoms with E-state index in [0.717, 1.165) is 22.5 Å². The van der Waals surface area contributed by atoms with Gasteiger partial charge in [-0.2, -0.15) is 10.1 Å². The summed E-state index contributed by atoms with van der Waals surface area (Å²) < 4.78 is 18.4. The molecule has 2 aromatic heterocycles. The van der Waals surface area contributed by atoms with Crippen molar-refractivity contribution in [2.45, 2.75) is 27.7 Å². The van der Waals surface area contributed by atoms with Crippen molar-refractivity contribution in [3.05, 3.63) is 82.9 Å². The molecule has 9 nitrogen and oxygen atoms in total. The van der Waals surface area contributed by atoms with Gasteiger partial charge in [-0.3, -0.25) is 4.79 Å². The Labute approximate surface area is 208 Å². The van der Waals surface area contributed by atoms with E-state index in [-0.39, 0.29) is 12.7 Å². The summed E-state index contributed by atoms with van der Waals surface area (Å²) in [4.78, 5) is 21.2. The maximum Gasteiger partial charge on any atom is 0.248 e. The predicted molar refractivity (Wildman–Crippen MR) is 135 cm³/mol. The van der Waals surface area contributed by atoms with Crippen molar-refractivity contribution in [3.63, 3.8) is 0 Å². The van der Waals surface area contributed by atoms with Gasteiger partial charge < -0.3 is 19.5 Å². The van der Waals surface area contributed by atoms with Gasteiger partial charge in [-0.25, -0.2) is 9.67 Å². The van der Waals surface area contributed by atoms with Crippen molar-refractivity contribution in [3.8, 4) is 28.9 Å². The van der Waals surface area contributed by atoms with Gasteiger partial charge in [0.05, 0.1) is 5.69 Å². The summed E-state index contributed by atoms with van der Waals surface area (Å²) in [6, 6.07) is 14.3. The lowest BCUT2D eigenvalue weighted by atomic mass is 10.2. The number of nitrogens with one attached hydrogen (secondary N) is 1. The molecule has 1 aliphatic heterocycles. The summed E-state index contributed by atoms with van der Waals surface area (Å²) in [5, 5.41) is 7.41. The standard InChI is InChI=1S/C27H25N5O4/c1-16-17(2)31-32(18(16)3)25-14-27(29-19(4)28-25)36-22-9-7-21(8-10-22)30-26(33)12-6-20-5-11-23-24(13-20)35-15-34-23/h5-14H,15H2,1-4H3,(H,30,33)/b12-6+. The Bertz CT molecular complexity index is 1470. The number of aromatic nitrogens is 4. The van der Waals surface area contributed by atoms with Gasteiger partial charge in [-0.1, -0.05) is 6.07 Å². The number of rotatable bonds is 6. The molecule has 0 unspecified atom stereocenters. The maximum atomic E-state index is 12.3. The Balaban J connectivity index is 1.24. The largest absolute Gasteiger partial charge is 0.454 e. The minimum absolute atomic E-state index is 0.212. The van der Waals surface area contributed by atoms with E-state index in [1.807, 2.05) is 45.9 Å². The lowest BCUT2D eigenvalue weighted by molar-refractivity contribution is -0.111. The number of benzene rings is 2. The van der Waals surface area contributed by atoms with Crippen LogP contribution in [0, 0.1) is 27.7 Å². The third kappa shape index (κ3) is 4.90. The van der Waals surface area contributed by atoms with Crippen LogP contribution in [0.3, 0.4) is 0 Å². The highest BCUT2D eigenvalue weighted by Gasteiger charge is 2.14. The fourth-order valence-electron chi connectivity index (χ4n) is 3.73. The Morgan fingerprint density at radius 3 is 2.53 bits per heavy atom. The molecule has 4 aromatic rings. The minimum Gasteiger partial charge on any atom is -0.454 e. The van der Waals surface area contributed by atoms with Gasteiger partial charge in [0, 0.05) is 23.5 Å². The van der Waals surface area contributed by atoms with E-state index in [2.05, 4.69) is 20.4 Å². The normalized spacial score (nSPS) is 12.2. The summed E-state index contributed by atoms with van der Waals surface area (Å²) in [5.41, 5.74) is 4.57. The number of amides is 1. The van der Waals surface area contributed by atoms with Crippen LogP contribution in [0.5, 0.6) is 23.1 Å². The molecule has 1 aliphatic rings. The number of nitrogens with zero attached hydrogens (tertiary/aromatic N) is 4. The van der Waals surface area contributed by atoms with Gasteiger partial charge >= 0.3 is 0 Å². The molecule has 182 valence electrons. The third-order valence-corrected chi connectivity index (χ3v) is 5.84. The van der Waals surface area contributed by atoms with E-state index in [1.54, 1.807) is 41.1 Å². The summed E-state index contributed by atoms with van der Waals surface area (Å²) in [6.45, 7) is 8.03. The van der Waals surface area contributed by atoms with Crippen LogP contribution < -0.4 is 19.5 Å². The molecule has 0 saturated heterocycles. The van der Waals surface area contributed by atoms with Crippen LogP contribution in [0.15, 0.2) is 54.6 Å². The van der Waals surface area contributed by atoms with Gasteiger partial charge in [0.1, 0.15) is 11.6 Å². The summed E-state index contributed by atoms with van der Waals surface area (Å²) in [6.07, 6.45) is 3.18. The van der Waals surface area contributed by atoms with Crippen LogP contribution in [0.25, 0.3) is 11.9 Å². The molecule has 0 spiro atoms. The van der Waals surface area contributed by atoms with Crippen molar-refractivity contribution >= 4 is 17.7 Å². The van der Waals surface area contributed by atoms with Crippen LogP contribution in [0.1, 0.15) is 28.3 Å². The lowest BCUT2D eigenvalue weighted by Gasteiger charge is -2.10. The van der Waals surface area contributed by atoms with Crippen LogP contribution >= 0.6 is 0 Å². The fourth-order valence-corrected chi connectivity index (χ4v) is 3.73. The van der Waals surface area contributed by atoms with Gasteiger partial charge in [0.2, 0.25) is 18.6 Å². The zero-order valence-electron chi connectivity index (χ0n) is 20.4. The summed E-state index contributed by atoms with van der Waals surface area (Å²) in [5.74, 6) is 3.33. The molecular weight excluding hydrogens is 458 g/mol. The average Bonchev–Trinajstić information content (AvgIpc) is 3.43. The first-order chi connectivity index (χ1) is 17.4. The smallest absolute Gasteiger partial charge is 0.248 e. The highest BCUT2D eigenvalue weighted by Crippen LogP contribution is 2.32. The third-order valence-electron chi connectivity index (χ3n) is 5.84. The Morgan fingerprint density at radius 1 is 1.00 bits per heavy atom. The number of aryl methyl sites for hydroxylation is 2. The molecule has 3 heterocycles. The molecule has 5 rings (SSSR count). The topological polar surface area (TPSA) is 100 Å². The van der Waals surface area contributed by atoms with Crippen molar-refractivity contribution < 1.29 is 19.0 Å². The Hall–Kier alpha value is -4.66. The quantitative estimate of drug-likeness (QED) is 0.382. The molecule has 2 aromatic carbocycles. The second-order valence-corrected chi connectivity index (χ2v) is 8.38. The number of carbonyl (C=O) groups excluding carboxylic acids is 1. The summed E-state index contributed by atoms with van der Waals surface area (Å²) in [7, 11) is 0. The van der Waals surface area contributed by atoms with Crippen molar-refractivity contribution in [1.29, 1.82) is 0 Å². The first-order valence-corrected chi connectivity index (χ1v) is 11.4. The van der Waals surface area contributed by atoms with E-state index in [4.69, 9.17) is 14.2 Å². The molecule has 9 heteroatoms. The number of carbonyl (C=O) groups is 1. The monoisotopic (exact) mass is 483 g/mol. The van der Waals surface area contributed by atoms with Gasteiger partial charge in [-0.15, -0.1) is 0 Å². The second kappa shape index (κ2) is 9.53. The molecular formula is C27H25N5O4. The number of hydrogen-bond acceptors (Lipinski definition) is 7. The number of anilines is 1. The molecule has 1 N–H and O–H groups in total. The predicted octanol–water partition coefficient (Wildman–Crippen LogP) is 5.07. The number of hydrogen-bond donors (Lipinski definition) is 1. The van der Waals surface area contributed by atoms with Gasteiger partial charge in [0.25, 0.3) is 0 Å². The second-order valence-electron chi connectivity index (χ2n) is 8.38. The maximum absolute atomic E-state index is 12.3. The zero-order chi connectivity index (χ0) is 25.2. The lowest BCUT2D eigenvalue weighted by Crippen LogP contribution is -2.07. The number of fused-ring (bicyclic) bond motifs is 1. The average molecular weight is 484 g/mol. The highest BCUT2D eigenvalue weighted by molar-refractivity contribution is 6.02. The summed E-state index contributed by atoms with van der Waals surface area (Å²) >= 11 is 0. The molecule has 36 heavy (non-hydrogen) atoms. The van der Waals surface area contributed by atoms with E-state index in [9.17, 15) is 4.79 Å². The Morgan fingerprint density at radius 2 is 1.78 bits per heavy atom. The number of ether oxygens (including phenoxy) is 3. The van der Waals surface area contributed by atoms with Gasteiger partial charge in [0.15, 0.2) is 17.3 Å². The fraction of sp³-hybridized carbons (Fsp3) is 0.185. The van der Waals surface area contributed by atoms with Crippen molar-refractivity contribution in [2.24, 2.45) is 0 Å². The van der Waals surface area contributed by atoms with Crippen LogP contribution in [-0.4, -0.2) is 32.4 Å². The minimum atomic E-state index is -0.252. The molecule has 0 radical (unpaired) electrons. The molecule has 0 saturated carbocycles. The van der Waals surface area contributed by atoms with E-state index in [0.29, 0.717) is 40.5 Å². The molecule has 0 bridgehead atoms. The van der Waals surface area contributed by atoms with Crippen LogP contribution in [0.2, 0.25) is 0 Å². The van der Waals surface area contributed by atoms with Crippen LogP contribution in [0.4, 0.5) is 5.69 Å². The van der Waals surface area contributed by atoms with E-state index >= 15 is 0 Å². The first kappa shape index (κ1) is 23.1. The van der Waals surface area contributed by atoms with Gasteiger partial charge in [-0.05, 0) is 81.3 Å². The molecule has 1 amide bonds. The first-order valence-electron chi connectivity index (χ1n) is 11.4. The van der Waals surface area contributed by atoms with Crippen molar-refractivity contribution in [1.82, 2.24) is 19.7 Å². The zero-order valence-corrected chi connectivity index (χ0v) is 20.4. The highest BCUT2D eigenvalue weighted by atomic mass is 16.7.